The lowest BCUT2D eigenvalue weighted by molar-refractivity contribution is 0.533. The molecule has 0 amide bonds. The Morgan fingerprint density at radius 3 is 2.86 bits per heavy atom. The summed E-state index contributed by atoms with van der Waals surface area (Å²) in [6.07, 6.45) is 2.35. The second kappa shape index (κ2) is 5.13. The molecule has 2 aromatic carbocycles. The molecule has 0 aliphatic heterocycles. The average molecular weight is 296 g/mol. The maximum absolute atomic E-state index is 13.3. The third kappa shape index (κ3) is 2.56. The van der Waals surface area contributed by atoms with Crippen molar-refractivity contribution in [3.05, 3.63) is 59.7 Å². The van der Waals surface area contributed by atoms with Gasteiger partial charge in [-0.2, -0.15) is 0 Å². The lowest BCUT2D eigenvalue weighted by atomic mass is 10.1. The molecule has 1 heterocycles. The molecule has 3 aromatic rings. The third-order valence-corrected chi connectivity index (χ3v) is 4.06. The van der Waals surface area contributed by atoms with Crippen LogP contribution in [0, 0.1) is 5.82 Å². The summed E-state index contributed by atoms with van der Waals surface area (Å²) in [5, 5.41) is 3.38. The van der Waals surface area contributed by atoms with Crippen LogP contribution in [0.1, 0.15) is 43.2 Å². The van der Waals surface area contributed by atoms with Crippen LogP contribution in [0.5, 0.6) is 0 Å². The summed E-state index contributed by atoms with van der Waals surface area (Å²) in [4.78, 5) is 4.56. The summed E-state index contributed by atoms with van der Waals surface area (Å²) in [5.74, 6) is 1.15. The molecule has 112 valence electrons. The minimum atomic E-state index is -0.216. The Morgan fingerprint density at radius 1 is 1.23 bits per heavy atom. The van der Waals surface area contributed by atoms with Gasteiger partial charge >= 0.3 is 0 Å². The Morgan fingerprint density at radius 2 is 2.09 bits per heavy atom. The molecular weight excluding hydrogens is 279 g/mol. The number of fused-ring (bicyclic) bond motifs is 1. The van der Waals surface area contributed by atoms with Gasteiger partial charge in [-0.1, -0.05) is 12.1 Å². The van der Waals surface area contributed by atoms with Gasteiger partial charge in [0.05, 0.1) is 0 Å². The summed E-state index contributed by atoms with van der Waals surface area (Å²) in [6.45, 7) is 2.01. The van der Waals surface area contributed by atoms with Crippen molar-refractivity contribution in [1.82, 2.24) is 4.98 Å². The van der Waals surface area contributed by atoms with Gasteiger partial charge < -0.3 is 9.73 Å². The SMILES string of the molecule is CC(Nc1ccc2oc(C3CC3)nc2c1)c1cccc(F)c1. The molecule has 1 saturated carbocycles. The fourth-order valence-electron chi connectivity index (χ4n) is 2.65. The highest BCUT2D eigenvalue weighted by Gasteiger charge is 2.28. The third-order valence-electron chi connectivity index (χ3n) is 4.06. The van der Waals surface area contributed by atoms with E-state index in [0.717, 1.165) is 28.2 Å². The van der Waals surface area contributed by atoms with Gasteiger partial charge in [0.25, 0.3) is 0 Å². The van der Waals surface area contributed by atoms with Crippen LogP contribution in [0.15, 0.2) is 46.9 Å². The van der Waals surface area contributed by atoms with Gasteiger partial charge in [-0.15, -0.1) is 0 Å². The van der Waals surface area contributed by atoms with Crippen molar-refractivity contribution < 1.29 is 8.81 Å². The maximum Gasteiger partial charge on any atom is 0.198 e. The summed E-state index contributed by atoms with van der Waals surface area (Å²) < 4.78 is 19.1. The van der Waals surface area contributed by atoms with E-state index in [0.29, 0.717) is 5.92 Å². The van der Waals surface area contributed by atoms with Gasteiger partial charge in [-0.05, 0) is 55.7 Å². The first-order valence-corrected chi connectivity index (χ1v) is 7.61. The zero-order valence-corrected chi connectivity index (χ0v) is 12.3. The number of nitrogens with zero attached hydrogens (tertiary/aromatic N) is 1. The van der Waals surface area contributed by atoms with Crippen molar-refractivity contribution in [3.8, 4) is 0 Å². The Hall–Kier alpha value is -2.36. The van der Waals surface area contributed by atoms with Crippen molar-refractivity contribution in [2.45, 2.75) is 31.7 Å². The predicted molar refractivity (Wildman–Crippen MR) is 84.4 cm³/mol. The Labute approximate surface area is 128 Å². The molecule has 1 N–H and O–H groups in total. The smallest absolute Gasteiger partial charge is 0.198 e. The largest absolute Gasteiger partial charge is 0.440 e. The number of hydrogen-bond donors (Lipinski definition) is 1. The molecule has 3 nitrogen and oxygen atoms in total. The first-order valence-electron chi connectivity index (χ1n) is 7.61. The van der Waals surface area contributed by atoms with E-state index < -0.39 is 0 Å². The molecule has 0 bridgehead atoms. The first kappa shape index (κ1) is 13.3. The van der Waals surface area contributed by atoms with Gasteiger partial charge in [0.1, 0.15) is 11.3 Å². The maximum atomic E-state index is 13.3. The van der Waals surface area contributed by atoms with Gasteiger partial charge in [0.15, 0.2) is 11.5 Å². The first-order chi connectivity index (χ1) is 10.7. The standard InChI is InChI=1S/C18H17FN2O/c1-11(13-3-2-4-14(19)9-13)20-15-7-8-17-16(10-15)21-18(22-17)12-5-6-12/h2-4,7-12,20H,5-6H2,1H3. The molecule has 22 heavy (non-hydrogen) atoms. The van der Waals surface area contributed by atoms with E-state index >= 15 is 0 Å². The van der Waals surface area contributed by atoms with Crippen LogP contribution >= 0.6 is 0 Å². The molecular formula is C18H17FN2O. The minimum absolute atomic E-state index is 0.0166. The molecule has 1 unspecified atom stereocenters. The fourth-order valence-corrected chi connectivity index (χ4v) is 2.65. The molecule has 1 aromatic heterocycles. The number of aromatic nitrogens is 1. The number of nitrogens with one attached hydrogen (secondary N) is 1. The van der Waals surface area contributed by atoms with Gasteiger partial charge in [-0.25, -0.2) is 9.37 Å². The van der Waals surface area contributed by atoms with Gasteiger partial charge in [0, 0.05) is 17.6 Å². The quantitative estimate of drug-likeness (QED) is 0.734. The van der Waals surface area contributed by atoms with Crippen molar-refractivity contribution in [3.63, 3.8) is 0 Å². The lowest BCUT2D eigenvalue weighted by Crippen LogP contribution is -2.06. The number of halogens is 1. The number of benzene rings is 2. The van der Waals surface area contributed by atoms with E-state index in [-0.39, 0.29) is 11.9 Å². The van der Waals surface area contributed by atoms with E-state index in [1.54, 1.807) is 12.1 Å². The molecule has 0 saturated heterocycles. The van der Waals surface area contributed by atoms with Crippen LogP contribution in [-0.4, -0.2) is 4.98 Å². The summed E-state index contributed by atoms with van der Waals surface area (Å²) in [7, 11) is 0. The average Bonchev–Trinajstić information content (AvgIpc) is 3.27. The summed E-state index contributed by atoms with van der Waals surface area (Å²) in [6, 6.07) is 12.6. The highest BCUT2D eigenvalue weighted by atomic mass is 19.1. The number of hydrogen-bond acceptors (Lipinski definition) is 3. The van der Waals surface area contributed by atoms with Crippen LogP contribution in [-0.2, 0) is 0 Å². The summed E-state index contributed by atoms with van der Waals surface area (Å²) >= 11 is 0. The van der Waals surface area contributed by atoms with Crippen LogP contribution < -0.4 is 5.32 Å². The predicted octanol–water partition coefficient (Wildman–Crippen LogP) is 5.02. The van der Waals surface area contributed by atoms with E-state index in [9.17, 15) is 4.39 Å². The van der Waals surface area contributed by atoms with E-state index in [4.69, 9.17) is 4.42 Å². The van der Waals surface area contributed by atoms with E-state index in [1.807, 2.05) is 31.2 Å². The zero-order chi connectivity index (χ0) is 15.1. The molecule has 1 aliphatic carbocycles. The topological polar surface area (TPSA) is 38.1 Å². The number of rotatable bonds is 4. The van der Waals surface area contributed by atoms with E-state index in [1.165, 1.54) is 18.9 Å². The molecule has 1 fully saturated rings. The lowest BCUT2D eigenvalue weighted by Gasteiger charge is -2.15. The highest BCUT2D eigenvalue weighted by molar-refractivity contribution is 5.77. The van der Waals surface area contributed by atoms with Crippen LogP contribution in [0.3, 0.4) is 0 Å². The second-order valence-corrected chi connectivity index (χ2v) is 5.93. The van der Waals surface area contributed by atoms with E-state index in [2.05, 4.69) is 10.3 Å². The van der Waals surface area contributed by atoms with Crippen molar-refractivity contribution in [2.75, 3.05) is 5.32 Å². The molecule has 1 atom stereocenters. The Balaban J connectivity index is 1.58. The van der Waals surface area contributed by atoms with Gasteiger partial charge in [-0.3, -0.25) is 0 Å². The highest BCUT2D eigenvalue weighted by Crippen LogP contribution is 2.40. The Bertz CT molecular complexity index is 823. The fraction of sp³-hybridized carbons (Fsp3) is 0.278. The monoisotopic (exact) mass is 296 g/mol. The second-order valence-electron chi connectivity index (χ2n) is 5.93. The van der Waals surface area contributed by atoms with Crippen molar-refractivity contribution >= 4 is 16.8 Å². The van der Waals surface area contributed by atoms with Crippen LogP contribution in [0.25, 0.3) is 11.1 Å². The zero-order valence-electron chi connectivity index (χ0n) is 12.3. The normalized spacial score (nSPS) is 15.9. The number of oxazole rings is 1. The molecule has 0 radical (unpaired) electrons. The molecule has 1 aliphatic rings. The van der Waals surface area contributed by atoms with Crippen LogP contribution in [0.2, 0.25) is 0 Å². The van der Waals surface area contributed by atoms with Crippen molar-refractivity contribution in [2.24, 2.45) is 0 Å². The van der Waals surface area contributed by atoms with Crippen LogP contribution in [0.4, 0.5) is 10.1 Å². The summed E-state index contributed by atoms with van der Waals surface area (Å²) in [5.41, 5.74) is 3.57. The number of anilines is 1. The molecule has 4 rings (SSSR count). The molecule has 4 heteroatoms. The van der Waals surface area contributed by atoms with Gasteiger partial charge in [0.2, 0.25) is 0 Å². The minimum Gasteiger partial charge on any atom is -0.440 e. The van der Waals surface area contributed by atoms with Crippen molar-refractivity contribution in [1.29, 1.82) is 0 Å². The Kier molecular flexibility index (Phi) is 3.10. The molecule has 0 spiro atoms.